The van der Waals surface area contributed by atoms with Crippen LogP contribution in [0.25, 0.3) is 0 Å². The molecule has 0 aliphatic heterocycles. The molecule has 1 rings (SSSR count). The van der Waals surface area contributed by atoms with E-state index in [-0.39, 0.29) is 0 Å². The van der Waals surface area contributed by atoms with Crippen LogP contribution in [0.1, 0.15) is 18.5 Å². The molecule has 0 bridgehead atoms. The van der Waals surface area contributed by atoms with Crippen LogP contribution in [-0.2, 0) is 16.1 Å². The van der Waals surface area contributed by atoms with Gasteiger partial charge in [-0.15, -0.1) is 0 Å². The van der Waals surface area contributed by atoms with Crippen LogP contribution in [0.15, 0.2) is 12.4 Å². The van der Waals surface area contributed by atoms with Crippen LogP contribution in [0.3, 0.4) is 0 Å². The zero-order chi connectivity index (χ0) is 9.84. The first-order valence-electron chi connectivity index (χ1n) is 4.04. The Kier molecular flexibility index (Phi) is 3.02. The van der Waals surface area contributed by atoms with Gasteiger partial charge in [-0.05, 0) is 6.92 Å². The molecule has 1 aromatic rings. The van der Waals surface area contributed by atoms with E-state index in [0.29, 0.717) is 5.56 Å². The Bertz CT molecular complexity index is 295. The van der Waals surface area contributed by atoms with Gasteiger partial charge in [0.05, 0.1) is 13.3 Å². The van der Waals surface area contributed by atoms with Crippen LogP contribution in [0.2, 0.25) is 0 Å². The molecule has 0 fully saturated rings. The molecule has 72 valence electrons. The quantitative estimate of drug-likeness (QED) is 0.673. The van der Waals surface area contributed by atoms with Gasteiger partial charge in [0.25, 0.3) is 0 Å². The van der Waals surface area contributed by atoms with E-state index < -0.39 is 12.0 Å². The third-order valence-corrected chi connectivity index (χ3v) is 1.79. The first kappa shape index (κ1) is 9.73. The summed E-state index contributed by atoms with van der Waals surface area (Å²) in [6, 6.07) is -0.731. The number of carbonyl (C=O) groups excluding carboxylic acids is 1. The maximum absolute atomic E-state index is 11.0. The molecule has 0 radical (unpaired) electrons. The van der Waals surface area contributed by atoms with Crippen LogP contribution in [0.4, 0.5) is 0 Å². The van der Waals surface area contributed by atoms with Crippen molar-refractivity contribution in [1.29, 1.82) is 0 Å². The molecule has 1 atom stereocenters. The second-order valence-electron chi connectivity index (χ2n) is 2.63. The number of nitrogens with zero attached hydrogens (tertiary/aromatic N) is 2. The van der Waals surface area contributed by atoms with E-state index in [9.17, 15) is 4.79 Å². The number of aryl methyl sites for hydroxylation is 1. The minimum atomic E-state index is -0.731. The van der Waals surface area contributed by atoms with E-state index in [1.54, 1.807) is 17.1 Å². The van der Waals surface area contributed by atoms with E-state index >= 15 is 0 Å². The Morgan fingerprint density at radius 3 is 3.00 bits per heavy atom. The fraction of sp³-hybridized carbons (Fsp3) is 0.500. The fourth-order valence-corrected chi connectivity index (χ4v) is 0.976. The SMILES string of the molecule is CCn1cc(C(N)C(=O)OC)cn1. The number of aromatic nitrogens is 2. The lowest BCUT2D eigenvalue weighted by atomic mass is 10.2. The summed E-state index contributed by atoms with van der Waals surface area (Å²) in [5.41, 5.74) is 6.26. The minimum Gasteiger partial charge on any atom is -0.468 e. The molecular formula is C8H13N3O2. The second-order valence-corrected chi connectivity index (χ2v) is 2.63. The van der Waals surface area contributed by atoms with Gasteiger partial charge in [0, 0.05) is 18.3 Å². The molecular weight excluding hydrogens is 170 g/mol. The fourth-order valence-electron chi connectivity index (χ4n) is 0.976. The maximum atomic E-state index is 11.0. The maximum Gasteiger partial charge on any atom is 0.327 e. The molecule has 1 aromatic heterocycles. The summed E-state index contributed by atoms with van der Waals surface area (Å²) >= 11 is 0. The summed E-state index contributed by atoms with van der Waals surface area (Å²) in [7, 11) is 1.31. The zero-order valence-corrected chi connectivity index (χ0v) is 7.73. The lowest BCUT2D eigenvalue weighted by Gasteiger charge is -2.05. The predicted molar refractivity (Wildman–Crippen MR) is 46.8 cm³/mol. The Balaban J connectivity index is 2.76. The molecule has 0 saturated heterocycles. The lowest BCUT2D eigenvalue weighted by Crippen LogP contribution is -2.22. The summed E-state index contributed by atoms with van der Waals surface area (Å²) in [5.74, 6) is -0.448. The Hall–Kier alpha value is -1.36. The Morgan fingerprint density at radius 2 is 2.54 bits per heavy atom. The molecule has 0 aliphatic rings. The van der Waals surface area contributed by atoms with E-state index in [1.165, 1.54) is 7.11 Å². The highest BCUT2D eigenvalue weighted by atomic mass is 16.5. The molecule has 1 heterocycles. The van der Waals surface area contributed by atoms with Crippen molar-refractivity contribution in [2.24, 2.45) is 5.73 Å². The number of esters is 1. The van der Waals surface area contributed by atoms with Crippen molar-refractivity contribution in [3.05, 3.63) is 18.0 Å². The summed E-state index contributed by atoms with van der Waals surface area (Å²) in [4.78, 5) is 11.0. The van der Waals surface area contributed by atoms with Crippen LogP contribution in [0, 0.1) is 0 Å². The predicted octanol–water partition coefficient (Wildman–Crippen LogP) is 0.0758. The van der Waals surface area contributed by atoms with Crippen molar-refractivity contribution in [3.8, 4) is 0 Å². The van der Waals surface area contributed by atoms with Crippen LogP contribution < -0.4 is 5.73 Å². The van der Waals surface area contributed by atoms with Crippen LogP contribution in [-0.4, -0.2) is 22.9 Å². The Labute approximate surface area is 76.5 Å². The average molecular weight is 183 g/mol. The monoisotopic (exact) mass is 183 g/mol. The number of nitrogens with two attached hydrogens (primary N) is 1. The molecule has 0 spiro atoms. The van der Waals surface area contributed by atoms with Crippen molar-refractivity contribution < 1.29 is 9.53 Å². The molecule has 5 nitrogen and oxygen atoms in total. The summed E-state index contributed by atoms with van der Waals surface area (Å²) in [6.07, 6.45) is 3.31. The molecule has 5 heteroatoms. The van der Waals surface area contributed by atoms with Gasteiger partial charge in [0.2, 0.25) is 0 Å². The van der Waals surface area contributed by atoms with Crippen LogP contribution in [0.5, 0.6) is 0 Å². The van der Waals surface area contributed by atoms with Gasteiger partial charge in [-0.2, -0.15) is 5.10 Å². The summed E-state index contributed by atoms with van der Waals surface area (Å²) in [6.45, 7) is 2.72. The van der Waals surface area contributed by atoms with Gasteiger partial charge >= 0.3 is 5.97 Å². The number of hydrogen-bond donors (Lipinski definition) is 1. The minimum absolute atomic E-state index is 0.448. The number of rotatable bonds is 3. The lowest BCUT2D eigenvalue weighted by molar-refractivity contribution is -0.142. The van der Waals surface area contributed by atoms with Gasteiger partial charge in [-0.3, -0.25) is 9.48 Å². The highest BCUT2D eigenvalue weighted by Crippen LogP contribution is 2.09. The first-order valence-corrected chi connectivity index (χ1v) is 4.04. The Morgan fingerprint density at radius 1 is 1.85 bits per heavy atom. The van der Waals surface area contributed by atoms with Gasteiger partial charge in [0.1, 0.15) is 6.04 Å². The molecule has 13 heavy (non-hydrogen) atoms. The van der Waals surface area contributed by atoms with Crippen molar-refractivity contribution in [2.45, 2.75) is 19.5 Å². The van der Waals surface area contributed by atoms with Gasteiger partial charge in [0.15, 0.2) is 0 Å². The normalized spacial score (nSPS) is 12.5. The molecule has 2 N–H and O–H groups in total. The highest BCUT2D eigenvalue weighted by molar-refractivity contribution is 5.76. The van der Waals surface area contributed by atoms with E-state index in [4.69, 9.17) is 5.73 Å². The smallest absolute Gasteiger partial charge is 0.327 e. The van der Waals surface area contributed by atoms with Gasteiger partial charge in [-0.25, -0.2) is 0 Å². The van der Waals surface area contributed by atoms with Crippen molar-refractivity contribution >= 4 is 5.97 Å². The average Bonchev–Trinajstić information content (AvgIpc) is 2.63. The third-order valence-electron chi connectivity index (χ3n) is 1.79. The molecule has 0 amide bonds. The van der Waals surface area contributed by atoms with Crippen molar-refractivity contribution in [3.63, 3.8) is 0 Å². The molecule has 0 aliphatic carbocycles. The van der Waals surface area contributed by atoms with Crippen molar-refractivity contribution in [2.75, 3.05) is 7.11 Å². The second kappa shape index (κ2) is 4.04. The first-order chi connectivity index (χ1) is 6.19. The zero-order valence-electron chi connectivity index (χ0n) is 7.73. The van der Waals surface area contributed by atoms with Gasteiger partial charge < -0.3 is 10.5 Å². The summed E-state index contributed by atoms with van der Waals surface area (Å²) in [5, 5.41) is 4.00. The van der Waals surface area contributed by atoms with E-state index in [2.05, 4.69) is 9.84 Å². The van der Waals surface area contributed by atoms with Crippen molar-refractivity contribution in [1.82, 2.24) is 9.78 Å². The largest absolute Gasteiger partial charge is 0.468 e. The number of carbonyl (C=O) groups is 1. The van der Waals surface area contributed by atoms with E-state index in [1.807, 2.05) is 6.92 Å². The topological polar surface area (TPSA) is 70.1 Å². The molecule has 1 unspecified atom stereocenters. The third kappa shape index (κ3) is 2.06. The number of ether oxygens (including phenoxy) is 1. The van der Waals surface area contributed by atoms with Crippen LogP contribution >= 0.6 is 0 Å². The molecule has 0 saturated carbocycles. The number of hydrogen-bond acceptors (Lipinski definition) is 4. The summed E-state index contributed by atoms with van der Waals surface area (Å²) < 4.78 is 6.21. The highest BCUT2D eigenvalue weighted by Gasteiger charge is 2.17. The van der Waals surface area contributed by atoms with E-state index in [0.717, 1.165) is 6.54 Å². The number of methoxy groups -OCH3 is 1. The van der Waals surface area contributed by atoms with Gasteiger partial charge in [-0.1, -0.05) is 0 Å². The standard InChI is InChI=1S/C8H13N3O2/c1-3-11-5-6(4-10-11)7(9)8(12)13-2/h4-5,7H,3,9H2,1-2H3. The molecule has 0 aromatic carbocycles.